The average molecular weight is 564 g/mol. The molecule has 2 saturated heterocycles. The van der Waals surface area contributed by atoms with E-state index in [1.54, 1.807) is 11.0 Å². The highest BCUT2D eigenvalue weighted by Crippen LogP contribution is 2.33. The summed E-state index contributed by atoms with van der Waals surface area (Å²) in [6.07, 6.45) is 11.1. The fourth-order valence-corrected chi connectivity index (χ4v) is 7.14. The first-order valence-corrected chi connectivity index (χ1v) is 14.9. The minimum atomic E-state index is -3.95. The third kappa shape index (κ3) is 5.68. The molecule has 40 heavy (non-hydrogen) atoms. The van der Waals surface area contributed by atoms with Crippen LogP contribution in [0.25, 0.3) is 0 Å². The summed E-state index contributed by atoms with van der Waals surface area (Å²) in [4.78, 5) is 18.0. The van der Waals surface area contributed by atoms with E-state index in [2.05, 4.69) is 40.6 Å². The Labute approximate surface area is 236 Å². The number of amides is 1. The number of rotatable bonds is 8. The van der Waals surface area contributed by atoms with E-state index in [1.807, 2.05) is 30.4 Å². The van der Waals surface area contributed by atoms with Crippen LogP contribution in [0.1, 0.15) is 11.6 Å². The lowest BCUT2D eigenvalue weighted by Gasteiger charge is -2.42. The normalized spacial score (nSPS) is 20.9. The molecule has 2 aromatic rings. The Bertz CT molecular complexity index is 1400. The minimum Gasteiger partial charge on any atom is -0.493 e. The molecule has 2 fully saturated rings. The Kier molecular flexibility index (Phi) is 8.63. The summed E-state index contributed by atoms with van der Waals surface area (Å²) in [5, 5.41) is 3.21. The molecule has 2 aromatic carbocycles. The van der Waals surface area contributed by atoms with Gasteiger partial charge in [-0.15, -0.1) is 0 Å². The van der Waals surface area contributed by atoms with E-state index in [9.17, 15) is 13.2 Å². The molecule has 2 unspecified atom stereocenters. The lowest BCUT2D eigenvalue weighted by atomic mass is 9.94. The summed E-state index contributed by atoms with van der Waals surface area (Å²) in [5.74, 6) is 0.582. The van der Waals surface area contributed by atoms with Crippen LogP contribution < -0.4 is 14.8 Å². The van der Waals surface area contributed by atoms with Gasteiger partial charge >= 0.3 is 0 Å². The molecule has 1 amide bonds. The summed E-state index contributed by atoms with van der Waals surface area (Å²) in [5.41, 5.74) is 2.37. The lowest BCUT2D eigenvalue weighted by Crippen LogP contribution is -2.62. The Hall–Kier alpha value is -3.53. The predicted octanol–water partition coefficient (Wildman–Crippen LogP) is 2.41. The van der Waals surface area contributed by atoms with E-state index in [1.165, 1.54) is 41.8 Å². The second-order valence-corrected chi connectivity index (χ2v) is 11.8. The summed E-state index contributed by atoms with van der Waals surface area (Å²) in [6.45, 7) is 3.31. The molecule has 0 saturated carbocycles. The van der Waals surface area contributed by atoms with Gasteiger partial charge in [-0.2, -0.15) is 4.31 Å². The minimum absolute atomic E-state index is 0.0614. The molecule has 210 valence electrons. The third-order valence-electron chi connectivity index (χ3n) is 7.61. The topological polar surface area (TPSA) is 91.4 Å². The Balaban J connectivity index is 1.32. The number of piperazine rings is 2. The number of hydrogen-bond acceptors (Lipinski definition) is 7. The van der Waals surface area contributed by atoms with Gasteiger partial charge in [0.25, 0.3) is 0 Å². The van der Waals surface area contributed by atoms with Gasteiger partial charge in [0.15, 0.2) is 11.5 Å². The van der Waals surface area contributed by atoms with Crippen LogP contribution in [0.15, 0.2) is 83.3 Å². The van der Waals surface area contributed by atoms with Crippen molar-refractivity contribution in [2.45, 2.75) is 17.0 Å². The number of carbonyl (C=O) groups is 1. The molecule has 0 bridgehead atoms. The zero-order valence-electron chi connectivity index (χ0n) is 22.8. The molecule has 0 spiro atoms. The second kappa shape index (κ2) is 12.3. The lowest BCUT2D eigenvalue weighted by molar-refractivity contribution is -0.137. The third-order valence-corrected chi connectivity index (χ3v) is 9.51. The van der Waals surface area contributed by atoms with E-state index in [4.69, 9.17) is 9.47 Å². The van der Waals surface area contributed by atoms with Crippen molar-refractivity contribution in [3.05, 3.63) is 90.0 Å². The van der Waals surface area contributed by atoms with Gasteiger partial charge in [-0.1, -0.05) is 30.3 Å². The van der Waals surface area contributed by atoms with Gasteiger partial charge < -0.3 is 19.7 Å². The summed E-state index contributed by atoms with van der Waals surface area (Å²) < 4.78 is 39.4. The van der Waals surface area contributed by atoms with E-state index < -0.39 is 16.1 Å². The zero-order valence-corrected chi connectivity index (χ0v) is 23.6. The van der Waals surface area contributed by atoms with E-state index in [0.717, 1.165) is 0 Å². The highest BCUT2D eigenvalue weighted by atomic mass is 32.2. The van der Waals surface area contributed by atoms with Crippen LogP contribution in [0, 0.1) is 6.08 Å². The molecule has 10 heteroatoms. The van der Waals surface area contributed by atoms with Crippen LogP contribution in [-0.4, -0.2) is 94.5 Å². The van der Waals surface area contributed by atoms with Crippen molar-refractivity contribution >= 4 is 15.9 Å². The molecule has 2 heterocycles. The fraction of sp³-hybridized carbons (Fsp3) is 0.367. The summed E-state index contributed by atoms with van der Waals surface area (Å²) >= 11 is 0. The van der Waals surface area contributed by atoms with Gasteiger partial charge in [-0.3, -0.25) is 9.69 Å². The van der Waals surface area contributed by atoms with Crippen LogP contribution in [0.2, 0.25) is 0 Å². The van der Waals surface area contributed by atoms with Crippen molar-refractivity contribution in [2.75, 3.05) is 60.0 Å². The van der Waals surface area contributed by atoms with Crippen LogP contribution >= 0.6 is 0 Å². The number of hydrogen-bond donors (Lipinski definition) is 1. The van der Waals surface area contributed by atoms with E-state index in [-0.39, 0.29) is 29.9 Å². The Morgan fingerprint density at radius 1 is 1.00 bits per heavy atom. The van der Waals surface area contributed by atoms with Gasteiger partial charge in [0.05, 0.1) is 42.9 Å². The number of benzene rings is 2. The molecule has 3 aliphatic rings. The standard InChI is InChI=1S/C30H35N4O5S/c1-38-27-14-13-25(21-28(27)39-2)40(36,37)34-16-15-31-22-26(34)30(35)33-19-17-32(18-20-33)29(23-9-5-3-6-10-23)24-11-7-4-8-12-24/h3,5-14,21,26,29,31H,15-20,22H2,1-2H3/q+1. The molecule has 0 aromatic heterocycles. The molecule has 2 aliphatic heterocycles. The molecule has 1 N–H and O–H groups in total. The van der Waals surface area contributed by atoms with E-state index >= 15 is 0 Å². The zero-order chi connectivity index (χ0) is 28.1. The molecule has 0 radical (unpaired) electrons. The number of carbonyl (C=O) groups excluding carboxylic acids is 1. The van der Waals surface area contributed by atoms with Crippen molar-refractivity contribution in [3.8, 4) is 11.5 Å². The monoisotopic (exact) mass is 563 g/mol. The Morgan fingerprint density at radius 3 is 2.42 bits per heavy atom. The van der Waals surface area contributed by atoms with Crippen LogP contribution in [-0.2, 0) is 14.8 Å². The SMILES string of the molecule is COc1ccc(S(=O)(=O)N2CCNCC2C(=O)N2CCN(C(C3=CC=[C+]C=C3)c3ccccc3)CC2)cc1OC. The second-order valence-electron chi connectivity index (χ2n) is 9.86. The van der Waals surface area contributed by atoms with Crippen molar-refractivity contribution in [2.24, 2.45) is 0 Å². The van der Waals surface area contributed by atoms with Gasteiger partial charge in [0.2, 0.25) is 15.9 Å². The van der Waals surface area contributed by atoms with Crippen LogP contribution in [0.4, 0.5) is 0 Å². The molecular weight excluding hydrogens is 528 g/mol. The van der Waals surface area contributed by atoms with Gasteiger partial charge in [0, 0.05) is 58.0 Å². The maximum Gasteiger partial charge on any atom is 0.244 e. The van der Waals surface area contributed by atoms with Gasteiger partial charge in [-0.05, 0) is 17.7 Å². The average Bonchev–Trinajstić information content (AvgIpc) is 3.02. The number of sulfonamides is 1. The highest BCUT2D eigenvalue weighted by Gasteiger charge is 2.41. The highest BCUT2D eigenvalue weighted by molar-refractivity contribution is 7.89. The summed E-state index contributed by atoms with van der Waals surface area (Å²) in [6, 6.07) is 14.1. The Morgan fingerprint density at radius 2 is 1.75 bits per heavy atom. The number of nitrogens with one attached hydrogen (secondary N) is 1. The number of ether oxygens (including phenoxy) is 2. The van der Waals surface area contributed by atoms with Crippen molar-refractivity contribution in [1.29, 1.82) is 0 Å². The quantitative estimate of drug-likeness (QED) is 0.494. The molecule has 1 aliphatic carbocycles. The molecule has 5 rings (SSSR count). The fourth-order valence-electron chi connectivity index (χ4n) is 5.54. The first-order valence-electron chi connectivity index (χ1n) is 13.4. The molecule has 2 atom stereocenters. The predicted molar refractivity (Wildman–Crippen MR) is 152 cm³/mol. The van der Waals surface area contributed by atoms with Crippen molar-refractivity contribution in [3.63, 3.8) is 0 Å². The van der Waals surface area contributed by atoms with E-state index in [0.29, 0.717) is 44.2 Å². The number of allylic oxidation sites excluding steroid dienone is 4. The van der Waals surface area contributed by atoms with Gasteiger partial charge in [0.1, 0.15) is 18.2 Å². The van der Waals surface area contributed by atoms with Crippen molar-refractivity contribution < 1.29 is 22.7 Å². The molecular formula is C30H35N4O5S+. The largest absolute Gasteiger partial charge is 0.493 e. The van der Waals surface area contributed by atoms with Crippen LogP contribution in [0.5, 0.6) is 11.5 Å². The maximum atomic E-state index is 13.8. The molecule has 9 nitrogen and oxygen atoms in total. The first kappa shape index (κ1) is 28.0. The van der Waals surface area contributed by atoms with Crippen molar-refractivity contribution in [1.82, 2.24) is 19.4 Å². The maximum absolute atomic E-state index is 13.8. The van der Waals surface area contributed by atoms with Crippen LogP contribution in [0.3, 0.4) is 0 Å². The number of methoxy groups -OCH3 is 2. The van der Waals surface area contributed by atoms with Gasteiger partial charge in [-0.25, -0.2) is 8.42 Å². The first-order chi connectivity index (χ1) is 19.4. The number of nitrogens with zero attached hydrogens (tertiary/aromatic N) is 3. The smallest absolute Gasteiger partial charge is 0.244 e. The summed E-state index contributed by atoms with van der Waals surface area (Å²) in [7, 11) is -0.993.